The van der Waals surface area contributed by atoms with Crippen molar-refractivity contribution in [1.29, 1.82) is 0 Å². The zero-order chi connectivity index (χ0) is 7.24. The van der Waals surface area contributed by atoms with Crippen LogP contribution in [-0.2, 0) is 9.78 Å². The van der Waals surface area contributed by atoms with Crippen molar-refractivity contribution in [3.8, 4) is 0 Å². The van der Waals surface area contributed by atoms with Crippen LogP contribution in [0.2, 0.25) is 0 Å². The van der Waals surface area contributed by atoms with E-state index >= 15 is 0 Å². The van der Waals surface area contributed by atoms with E-state index in [-0.39, 0.29) is 0 Å². The molecule has 10 heavy (non-hydrogen) atoms. The van der Waals surface area contributed by atoms with Crippen LogP contribution in [0.3, 0.4) is 0 Å². The third-order valence-electron chi connectivity index (χ3n) is 2.18. The highest BCUT2D eigenvalue weighted by atomic mass is 17.4. The lowest BCUT2D eigenvalue weighted by molar-refractivity contribution is -0.231. The van der Waals surface area contributed by atoms with E-state index in [1.165, 1.54) is 0 Å². The van der Waals surface area contributed by atoms with E-state index in [2.05, 4.69) is 9.78 Å². The minimum atomic E-state index is -1.76. The van der Waals surface area contributed by atoms with Crippen LogP contribution < -0.4 is 0 Å². The Balaban J connectivity index is 2.15. The molecule has 0 radical (unpaired) electrons. The van der Waals surface area contributed by atoms with Crippen molar-refractivity contribution < 1.29 is 20.0 Å². The Morgan fingerprint density at radius 3 is 2.00 bits per heavy atom. The first-order valence-electron chi connectivity index (χ1n) is 3.48. The molecule has 0 aromatic rings. The van der Waals surface area contributed by atoms with Crippen molar-refractivity contribution in [2.24, 2.45) is 0 Å². The molecule has 0 aromatic carbocycles. The van der Waals surface area contributed by atoms with Crippen LogP contribution in [0.15, 0.2) is 0 Å². The monoisotopic (exact) mass is 146 g/mol. The lowest BCUT2D eigenvalue weighted by Gasteiger charge is -2.28. The first-order chi connectivity index (χ1) is 4.66. The highest BCUT2D eigenvalue weighted by molar-refractivity contribution is 4.92. The van der Waals surface area contributed by atoms with Gasteiger partial charge in [-0.2, -0.15) is 9.78 Å². The van der Waals surface area contributed by atoms with E-state index in [4.69, 9.17) is 0 Å². The molecular weight excluding hydrogens is 136 g/mol. The molecule has 58 valence electrons. The highest BCUT2D eigenvalue weighted by Gasteiger charge is 2.65. The molecule has 1 aliphatic heterocycles. The maximum atomic E-state index is 9.27. The van der Waals surface area contributed by atoms with E-state index in [1.807, 2.05) is 0 Å². The van der Waals surface area contributed by atoms with Gasteiger partial charge in [0.1, 0.15) is 0 Å². The molecule has 0 aromatic heterocycles. The van der Waals surface area contributed by atoms with Crippen molar-refractivity contribution in [3.63, 3.8) is 0 Å². The largest absolute Gasteiger partial charge is 0.361 e. The van der Waals surface area contributed by atoms with Crippen molar-refractivity contribution in [2.45, 2.75) is 37.3 Å². The second kappa shape index (κ2) is 1.71. The molecule has 1 saturated heterocycles. The van der Waals surface area contributed by atoms with E-state index < -0.39 is 11.6 Å². The summed E-state index contributed by atoms with van der Waals surface area (Å²) >= 11 is 0. The molecule has 2 N–H and O–H groups in total. The Morgan fingerprint density at radius 2 is 1.60 bits per heavy atom. The molecule has 1 spiro atoms. The van der Waals surface area contributed by atoms with Crippen LogP contribution in [0.4, 0.5) is 0 Å². The van der Waals surface area contributed by atoms with Gasteiger partial charge in [0.25, 0.3) is 5.79 Å². The zero-order valence-electron chi connectivity index (χ0n) is 5.54. The third-order valence-corrected chi connectivity index (χ3v) is 2.18. The van der Waals surface area contributed by atoms with Crippen LogP contribution in [0, 0.1) is 0 Å². The second-order valence-electron chi connectivity index (χ2n) is 2.94. The maximum Gasteiger partial charge on any atom is 0.286 e. The predicted octanol–water partition coefficient (Wildman–Crippen LogP) is -0.101. The molecule has 0 amide bonds. The third kappa shape index (κ3) is 0.703. The quantitative estimate of drug-likeness (QED) is 0.284. The van der Waals surface area contributed by atoms with Crippen LogP contribution in [0.25, 0.3) is 0 Å². The molecule has 1 heterocycles. The van der Waals surface area contributed by atoms with Crippen molar-refractivity contribution in [2.75, 3.05) is 0 Å². The molecule has 4 nitrogen and oxygen atoms in total. The second-order valence-corrected chi connectivity index (χ2v) is 2.94. The SMILES string of the molecule is OC1(O)CCCCC12OO2. The summed E-state index contributed by atoms with van der Waals surface area (Å²) in [6.45, 7) is 0. The van der Waals surface area contributed by atoms with E-state index in [1.54, 1.807) is 0 Å². The molecule has 0 atom stereocenters. The van der Waals surface area contributed by atoms with Crippen LogP contribution in [0.1, 0.15) is 25.7 Å². The molecule has 2 fully saturated rings. The fraction of sp³-hybridized carbons (Fsp3) is 1.00. The van der Waals surface area contributed by atoms with E-state index in [0.717, 1.165) is 12.8 Å². The Kier molecular flexibility index (Phi) is 1.12. The Bertz CT molecular complexity index is 144. The zero-order valence-corrected chi connectivity index (χ0v) is 5.54. The molecule has 4 heteroatoms. The number of hydrogen-bond acceptors (Lipinski definition) is 4. The van der Waals surface area contributed by atoms with Gasteiger partial charge in [0.15, 0.2) is 0 Å². The summed E-state index contributed by atoms with van der Waals surface area (Å²) in [5.74, 6) is -2.82. The van der Waals surface area contributed by atoms with Gasteiger partial charge in [0.2, 0.25) is 5.79 Å². The molecule has 2 rings (SSSR count). The fourth-order valence-electron chi connectivity index (χ4n) is 1.39. The molecule has 0 unspecified atom stereocenters. The molecule has 2 aliphatic rings. The number of rotatable bonds is 0. The van der Waals surface area contributed by atoms with Gasteiger partial charge in [-0.15, -0.1) is 0 Å². The number of aliphatic hydroxyl groups is 2. The topological polar surface area (TPSA) is 65.5 Å². The van der Waals surface area contributed by atoms with Crippen molar-refractivity contribution >= 4 is 0 Å². The summed E-state index contributed by atoms with van der Waals surface area (Å²) in [5, 5.41) is 18.5. The Labute approximate surface area is 58.3 Å². The molecule has 1 aliphatic carbocycles. The van der Waals surface area contributed by atoms with E-state index in [9.17, 15) is 10.2 Å². The maximum absolute atomic E-state index is 9.27. The summed E-state index contributed by atoms with van der Waals surface area (Å²) < 4.78 is 0. The van der Waals surface area contributed by atoms with Gasteiger partial charge in [0.05, 0.1) is 0 Å². The van der Waals surface area contributed by atoms with Crippen LogP contribution >= 0.6 is 0 Å². The Morgan fingerprint density at radius 1 is 1.00 bits per heavy atom. The number of hydrogen-bond donors (Lipinski definition) is 2. The average Bonchev–Trinajstić information content (AvgIpc) is 2.59. The van der Waals surface area contributed by atoms with Crippen molar-refractivity contribution in [1.82, 2.24) is 0 Å². The van der Waals surface area contributed by atoms with Gasteiger partial charge in [-0.05, 0) is 12.8 Å². The summed E-state index contributed by atoms with van der Waals surface area (Å²) in [7, 11) is 0. The van der Waals surface area contributed by atoms with Gasteiger partial charge in [-0.3, -0.25) is 0 Å². The fourth-order valence-corrected chi connectivity index (χ4v) is 1.39. The molecule has 1 saturated carbocycles. The summed E-state index contributed by atoms with van der Waals surface area (Å²) in [6.07, 6.45) is 2.68. The van der Waals surface area contributed by atoms with Gasteiger partial charge in [-0.1, -0.05) is 0 Å². The first-order valence-corrected chi connectivity index (χ1v) is 3.48. The predicted molar refractivity (Wildman–Crippen MR) is 30.5 cm³/mol. The van der Waals surface area contributed by atoms with Crippen LogP contribution in [-0.4, -0.2) is 21.8 Å². The molecular formula is C6H10O4. The highest BCUT2D eigenvalue weighted by Crippen LogP contribution is 2.48. The van der Waals surface area contributed by atoms with Crippen molar-refractivity contribution in [3.05, 3.63) is 0 Å². The van der Waals surface area contributed by atoms with Gasteiger partial charge < -0.3 is 10.2 Å². The first kappa shape index (κ1) is 6.54. The average molecular weight is 146 g/mol. The minimum Gasteiger partial charge on any atom is -0.361 e. The Hall–Kier alpha value is -0.160. The normalized spacial score (nSPS) is 34.2. The van der Waals surface area contributed by atoms with Gasteiger partial charge >= 0.3 is 0 Å². The van der Waals surface area contributed by atoms with Gasteiger partial charge in [0, 0.05) is 12.8 Å². The lowest BCUT2D eigenvalue weighted by atomic mass is 9.89. The van der Waals surface area contributed by atoms with Crippen LogP contribution in [0.5, 0.6) is 0 Å². The minimum absolute atomic E-state index is 0.340. The van der Waals surface area contributed by atoms with Gasteiger partial charge in [-0.25, -0.2) is 0 Å². The summed E-state index contributed by atoms with van der Waals surface area (Å²) in [6, 6.07) is 0. The summed E-state index contributed by atoms with van der Waals surface area (Å²) in [4.78, 5) is 9.10. The summed E-state index contributed by atoms with van der Waals surface area (Å²) in [5.41, 5.74) is 0. The standard InChI is InChI=1S/C6H10O4/c7-5(8)3-1-2-4-6(5)9-10-6/h7-8H,1-4H2. The lowest BCUT2D eigenvalue weighted by Crippen LogP contribution is -2.47. The smallest absolute Gasteiger partial charge is 0.286 e. The van der Waals surface area contributed by atoms with E-state index in [0.29, 0.717) is 12.8 Å². The molecule has 0 bridgehead atoms.